The minimum Gasteiger partial charge on any atom is -0.309 e. The molecule has 0 amide bonds. The Labute approximate surface area is 290 Å². The fourth-order valence-corrected chi connectivity index (χ4v) is 7.90. The Morgan fingerprint density at radius 2 is 0.780 bits per heavy atom. The number of rotatable bonds is 5. The molecule has 2 heteroatoms. The molecule has 2 heterocycles. The van der Waals surface area contributed by atoms with E-state index < -0.39 is 0 Å². The van der Waals surface area contributed by atoms with Gasteiger partial charge in [-0.2, -0.15) is 0 Å². The first-order valence-corrected chi connectivity index (χ1v) is 17.2. The monoisotopic (exact) mass is 636 g/mol. The second-order valence-electron chi connectivity index (χ2n) is 12.9. The summed E-state index contributed by atoms with van der Waals surface area (Å²) in [6.45, 7) is 0. The SMILES string of the molecule is c1ccc(-c2cccc(-n3c4ccc5c6ccccc6n(-c6cccc(-c7ccccc7)c6)c5c4c4cccc(-c5ccccc5)c43)c2)cc1. The van der Waals surface area contributed by atoms with Crippen molar-refractivity contribution in [1.82, 2.24) is 9.13 Å². The van der Waals surface area contributed by atoms with E-state index in [9.17, 15) is 0 Å². The van der Waals surface area contributed by atoms with Gasteiger partial charge in [0.2, 0.25) is 0 Å². The molecule has 0 fully saturated rings. The molecule has 0 bridgehead atoms. The van der Waals surface area contributed by atoms with Crippen LogP contribution in [0.2, 0.25) is 0 Å². The van der Waals surface area contributed by atoms with E-state index in [-0.39, 0.29) is 0 Å². The molecular weight excluding hydrogens is 605 g/mol. The van der Waals surface area contributed by atoms with E-state index in [1.54, 1.807) is 0 Å². The third kappa shape index (κ3) is 4.43. The molecule has 0 aliphatic rings. The summed E-state index contributed by atoms with van der Waals surface area (Å²) in [6.07, 6.45) is 0. The van der Waals surface area contributed by atoms with Crippen molar-refractivity contribution in [3.8, 4) is 44.8 Å². The van der Waals surface area contributed by atoms with Crippen LogP contribution in [0.5, 0.6) is 0 Å². The lowest BCUT2D eigenvalue weighted by Gasteiger charge is -2.13. The van der Waals surface area contributed by atoms with Gasteiger partial charge in [0.05, 0.1) is 22.1 Å². The molecule has 2 nitrogen and oxygen atoms in total. The highest BCUT2D eigenvalue weighted by Gasteiger charge is 2.23. The molecule has 0 saturated carbocycles. The first kappa shape index (κ1) is 28.4. The molecule has 234 valence electrons. The van der Waals surface area contributed by atoms with Crippen molar-refractivity contribution in [1.29, 1.82) is 0 Å². The van der Waals surface area contributed by atoms with Crippen molar-refractivity contribution in [2.45, 2.75) is 0 Å². The van der Waals surface area contributed by atoms with Crippen molar-refractivity contribution < 1.29 is 0 Å². The van der Waals surface area contributed by atoms with Crippen LogP contribution in [-0.2, 0) is 0 Å². The predicted octanol–water partition coefficient (Wildman–Crippen LogP) is 12.9. The van der Waals surface area contributed by atoms with Crippen LogP contribution in [0.25, 0.3) is 88.4 Å². The van der Waals surface area contributed by atoms with Crippen LogP contribution in [-0.4, -0.2) is 9.13 Å². The predicted molar refractivity (Wildman–Crippen MR) is 211 cm³/mol. The number of para-hydroxylation sites is 2. The van der Waals surface area contributed by atoms with Crippen LogP contribution in [0.3, 0.4) is 0 Å². The maximum Gasteiger partial charge on any atom is 0.0641 e. The molecule has 0 spiro atoms. The molecular formula is C48H32N2. The number of fused-ring (bicyclic) bond motifs is 7. The van der Waals surface area contributed by atoms with Crippen LogP contribution in [0.1, 0.15) is 0 Å². The van der Waals surface area contributed by atoms with Gasteiger partial charge in [-0.3, -0.25) is 0 Å². The Morgan fingerprint density at radius 1 is 0.280 bits per heavy atom. The summed E-state index contributed by atoms with van der Waals surface area (Å²) in [5, 5.41) is 4.99. The van der Waals surface area contributed by atoms with E-state index in [1.165, 1.54) is 77.0 Å². The zero-order chi connectivity index (χ0) is 33.0. The van der Waals surface area contributed by atoms with Gasteiger partial charge in [0.25, 0.3) is 0 Å². The first-order valence-electron chi connectivity index (χ1n) is 17.2. The lowest BCUT2D eigenvalue weighted by molar-refractivity contribution is 1.17. The van der Waals surface area contributed by atoms with Gasteiger partial charge in [-0.1, -0.05) is 158 Å². The third-order valence-electron chi connectivity index (χ3n) is 10.1. The number of aromatic nitrogens is 2. The topological polar surface area (TPSA) is 9.86 Å². The third-order valence-corrected chi connectivity index (χ3v) is 10.1. The van der Waals surface area contributed by atoms with Crippen LogP contribution < -0.4 is 0 Å². The van der Waals surface area contributed by atoms with Gasteiger partial charge in [0, 0.05) is 38.5 Å². The molecule has 0 aliphatic heterocycles. The minimum absolute atomic E-state index is 1.14. The van der Waals surface area contributed by atoms with Gasteiger partial charge in [0.15, 0.2) is 0 Å². The van der Waals surface area contributed by atoms with Crippen LogP contribution in [0, 0.1) is 0 Å². The molecule has 10 aromatic rings. The zero-order valence-electron chi connectivity index (χ0n) is 27.4. The number of hydrogen-bond donors (Lipinski definition) is 0. The number of benzene rings is 8. The first-order chi connectivity index (χ1) is 24.8. The standard InChI is InChI=1S/C48H32N2/c1-4-15-33(16-5-1)36-21-12-23-38(31-36)49-44-28-11-10-25-41(44)42-29-30-45-46(48(42)49)43-27-14-26-40(35-19-8-3-9-20-35)47(43)50(45)39-24-13-22-37(32-39)34-17-6-2-7-18-34/h1-32H. The average molecular weight is 637 g/mol. The molecule has 50 heavy (non-hydrogen) atoms. The number of hydrogen-bond acceptors (Lipinski definition) is 0. The van der Waals surface area contributed by atoms with E-state index >= 15 is 0 Å². The Hall–Kier alpha value is -6.64. The Balaban J connectivity index is 1.36. The van der Waals surface area contributed by atoms with Crippen molar-refractivity contribution >= 4 is 43.6 Å². The summed E-state index contributed by atoms with van der Waals surface area (Å²) in [4.78, 5) is 0. The molecule has 0 radical (unpaired) electrons. The minimum atomic E-state index is 1.14. The molecule has 2 aromatic heterocycles. The molecule has 0 saturated heterocycles. The van der Waals surface area contributed by atoms with E-state index in [2.05, 4.69) is 203 Å². The van der Waals surface area contributed by atoms with Crippen molar-refractivity contribution in [2.24, 2.45) is 0 Å². The van der Waals surface area contributed by atoms with Gasteiger partial charge >= 0.3 is 0 Å². The normalized spacial score (nSPS) is 11.6. The van der Waals surface area contributed by atoms with Crippen molar-refractivity contribution in [2.75, 3.05) is 0 Å². The Bertz CT molecular complexity index is 2840. The molecule has 0 unspecified atom stereocenters. The Kier molecular flexibility index (Phi) is 6.53. The van der Waals surface area contributed by atoms with E-state index in [4.69, 9.17) is 0 Å². The lowest BCUT2D eigenvalue weighted by atomic mass is 10.0. The van der Waals surface area contributed by atoms with Gasteiger partial charge in [-0.25, -0.2) is 0 Å². The van der Waals surface area contributed by atoms with Crippen LogP contribution in [0.4, 0.5) is 0 Å². The van der Waals surface area contributed by atoms with Crippen LogP contribution >= 0.6 is 0 Å². The fourth-order valence-electron chi connectivity index (χ4n) is 7.90. The molecule has 0 atom stereocenters. The molecule has 0 aliphatic carbocycles. The van der Waals surface area contributed by atoms with Gasteiger partial charge in [0.1, 0.15) is 0 Å². The van der Waals surface area contributed by atoms with Crippen molar-refractivity contribution in [3.05, 3.63) is 194 Å². The second-order valence-corrected chi connectivity index (χ2v) is 12.9. The second kappa shape index (κ2) is 11.5. The highest BCUT2D eigenvalue weighted by atomic mass is 15.0. The zero-order valence-corrected chi connectivity index (χ0v) is 27.4. The molecule has 8 aromatic carbocycles. The summed E-state index contributed by atoms with van der Waals surface area (Å²) in [7, 11) is 0. The number of nitrogens with zero attached hydrogens (tertiary/aromatic N) is 2. The summed E-state index contributed by atoms with van der Waals surface area (Å²) in [5.41, 5.74) is 14.3. The summed E-state index contributed by atoms with van der Waals surface area (Å²) >= 11 is 0. The molecule has 0 N–H and O–H groups in total. The fraction of sp³-hybridized carbons (Fsp3) is 0. The maximum absolute atomic E-state index is 2.49. The van der Waals surface area contributed by atoms with Gasteiger partial charge < -0.3 is 9.13 Å². The van der Waals surface area contributed by atoms with Gasteiger partial charge in [-0.15, -0.1) is 0 Å². The maximum atomic E-state index is 2.49. The molecule has 10 rings (SSSR count). The van der Waals surface area contributed by atoms with Crippen LogP contribution in [0.15, 0.2) is 194 Å². The van der Waals surface area contributed by atoms with E-state index in [0.717, 1.165) is 11.4 Å². The van der Waals surface area contributed by atoms with E-state index in [0.29, 0.717) is 0 Å². The van der Waals surface area contributed by atoms with Gasteiger partial charge in [-0.05, 0) is 64.2 Å². The largest absolute Gasteiger partial charge is 0.309 e. The highest BCUT2D eigenvalue weighted by Crippen LogP contribution is 2.45. The average Bonchev–Trinajstić information content (AvgIpc) is 3.72. The summed E-state index contributed by atoms with van der Waals surface area (Å²) in [5.74, 6) is 0. The quantitative estimate of drug-likeness (QED) is 0.178. The summed E-state index contributed by atoms with van der Waals surface area (Å²) < 4.78 is 4.97. The lowest BCUT2D eigenvalue weighted by Crippen LogP contribution is -1.97. The highest BCUT2D eigenvalue weighted by molar-refractivity contribution is 6.27. The smallest absolute Gasteiger partial charge is 0.0641 e. The Morgan fingerprint density at radius 3 is 1.42 bits per heavy atom. The van der Waals surface area contributed by atoms with E-state index in [1.807, 2.05) is 0 Å². The van der Waals surface area contributed by atoms with Crippen molar-refractivity contribution in [3.63, 3.8) is 0 Å². The summed E-state index contributed by atoms with van der Waals surface area (Å²) in [6, 6.07) is 70.4.